The van der Waals surface area contributed by atoms with Gasteiger partial charge in [0, 0.05) is 13.1 Å². The molecule has 3 aromatic carbocycles. The fourth-order valence-electron chi connectivity index (χ4n) is 3.72. The minimum atomic E-state index is -4.35. The van der Waals surface area contributed by atoms with Crippen molar-refractivity contribution < 1.29 is 18.0 Å². The molecule has 1 amide bonds. The van der Waals surface area contributed by atoms with Gasteiger partial charge < -0.3 is 5.32 Å². The average molecular weight is 441 g/mol. The van der Waals surface area contributed by atoms with Crippen molar-refractivity contribution in [3.8, 4) is 0 Å². The first-order valence-electron chi connectivity index (χ1n) is 10.5. The van der Waals surface area contributed by atoms with Gasteiger partial charge in [0.05, 0.1) is 5.56 Å². The molecule has 168 valence electrons. The maximum atomic E-state index is 12.9. The van der Waals surface area contributed by atoms with Gasteiger partial charge in [-0.05, 0) is 48.6 Å². The maximum Gasteiger partial charge on any atom is 0.416 e. The van der Waals surface area contributed by atoms with Crippen LogP contribution in [-0.4, -0.2) is 13.0 Å². The van der Waals surface area contributed by atoms with E-state index in [0.29, 0.717) is 12.8 Å². The molecular weight excluding hydrogens is 413 g/mol. The Bertz CT molecular complexity index is 1020. The van der Waals surface area contributed by atoms with Crippen molar-refractivity contribution in [3.05, 3.63) is 107 Å². The lowest BCUT2D eigenvalue weighted by molar-refractivity contribution is -0.137. The Balaban J connectivity index is 1.84. The number of halogens is 3. The maximum absolute atomic E-state index is 12.9. The fourth-order valence-corrected chi connectivity index (χ4v) is 3.72. The fraction of sp³-hybridized carbons (Fsp3) is 0.269. The van der Waals surface area contributed by atoms with E-state index in [9.17, 15) is 18.0 Å². The molecule has 0 bridgehead atoms. The van der Waals surface area contributed by atoms with Crippen LogP contribution in [0, 0.1) is 6.92 Å². The second-order valence-corrected chi connectivity index (χ2v) is 7.82. The summed E-state index contributed by atoms with van der Waals surface area (Å²) in [7, 11) is 1.60. The zero-order chi connectivity index (χ0) is 23.1. The Morgan fingerprint density at radius 1 is 0.906 bits per heavy atom. The molecular formula is C26H27F3N2O. The van der Waals surface area contributed by atoms with Crippen LogP contribution >= 0.6 is 0 Å². The van der Waals surface area contributed by atoms with E-state index in [4.69, 9.17) is 0 Å². The third kappa shape index (κ3) is 6.20. The quantitative estimate of drug-likeness (QED) is 0.467. The van der Waals surface area contributed by atoms with Crippen molar-refractivity contribution in [2.24, 2.45) is 0 Å². The molecule has 32 heavy (non-hydrogen) atoms. The van der Waals surface area contributed by atoms with Crippen molar-refractivity contribution in [1.82, 2.24) is 10.6 Å². The number of likely N-dealkylation sites (N-methyl/N-ethyl adjacent to an activating group) is 1. The van der Waals surface area contributed by atoms with E-state index in [1.54, 1.807) is 7.05 Å². The lowest BCUT2D eigenvalue weighted by atomic mass is 9.95. The largest absolute Gasteiger partial charge is 0.416 e. The molecule has 3 rings (SSSR count). The number of nitrogens with one attached hydrogen (secondary N) is 2. The van der Waals surface area contributed by atoms with Gasteiger partial charge in [-0.2, -0.15) is 13.2 Å². The summed E-state index contributed by atoms with van der Waals surface area (Å²) in [5, 5.41) is 6.20. The van der Waals surface area contributed by atoms with Crippen molar-refractivity contribution in [1.29, 1.82) is 0 Å². The van der Waals surface area contributed by atoms with Crippen LogP contribution in [0.25, 0.3) is 0 Å². The molecule has 0 aliphatic carbocycles. The number of hydrogen-bond acceptors (Lipinski definition) is 2. The summed E-state index contributed by atoms with van der Waals surface area (Å²) in [4.78, 5) is 12.7. The van der Waals surface area contributed by atoms with E-state index in [0.717, 1.165) is 34.4 Å². The minimum Gasteiger partial charge on any atom is -0.358 e. The Morgan fingerprint density at radius 3 is 2.16 bits per heavy atom. The third-order valence-corrected chi connectivity index (χ3v) is 5.46. The molecule has 0 saturated carbocycles. The highest BCUT2D eigenvalue weighted by molar-refractivity contribution is 5.83. The number of rotatable bonds is 8. The Labute approximate surface area is 186 Å². The third-order valence-electron chi connectivity index (χ3n) is 5.46. The van der Waals surface area contributed by atoms with Gasteiger partial charge in [-0.25, -0.2) is 0 Å². The van der Waals surface area contributed by atoms with Crippen molar-refractivity contribution in [2.45, 2.75) is 38.0 Å². The lowest BCUT2D eigenvalue weighted by Crippen LogP contribution is -2.38. The van der Waals surface area contributed by atoms with E-state index >= 15 is 0 Å². The van der Waals surface area contributed by atoms with E-state index in [1.807, 2.05) is 55.5 Å². The lowest BCUT2D eigenvalue weighted by Gasteiger charge is -2.26. The van der Waals surface area contributed by atoms with Gasteiger partial charge in [0.25, 0.3) is 0 Å². The molecule has 3 aromatic rings. The van der Waals surface area contributed by atoms with Crippen molar-refractivity contribution in [3.63, 3.8) is 0 Å². The first-order valence-corrected chi connectivity index (χ1v) is 10.5. The summed E-state index contributed by atoms with van der Waals surface area (Å²) >= 11 is 0. The topological polar surface area (TPSA) is 41.1 Å². The zero-order valence-electron chi connectivity index (χ0n) is 18.1. The smallest absolute Gasteiger partial charge is 0.358 e. The molecule has 6 heteroatoms. The summed E-state index contributed by atoms with van der Waals surface area (Å²) in [6.45, 7) is 2.00. The molecule has 0 aliphatic rings. The van der Waals surface area contributed by atoms with Crippen LogP contribution in [0.15, 0.2) is 78.9 Å². The molecule has 3 nitrogen and oxygen atoms in total. The second-order valence-electron chi connectivity index (χ2n) is 7.82. The van der Waals surface area contributed by atoms with E-state index in [-0.39, 0.29) is 11.9 Å². The molecule has 0 spiro atoms. The predicted octanol–water partition coefficient (Wildman–Crippen LogP) is 5.76. The summed E-state index contributed by atoms with van der Waals surface area (Å²) in [5.41, 5.74) is 3.13. The summed E-state index contributed by atoms with van der Waals surface area (Å²) < 4.78 is 38.6. The van der Waals surface area contributed by atoms with Gasteiger partial charge in [-0.1, -0.05) is 72.3 Å². The number of aryl methyl sites for hydroxylation is 2. The van der Waals surface area contributed by atoms with E-state index < -0.39 is 17.8 Å². The van der Waals surface area contributed by atoms with Crippen molar-refractivity contribution in [2.75, 3.05) is 7.05 Å². The SMILES string of the molecule is CNC(=O)[C@H](N[C@H](CCc1ccc(C(F)(F)F)cc1)c1cccc(C)c1)c1ccccc1. The molecule has 0 heterocycles. The highest BCUT2D eigenvalue weighted by atomic mass is 19.4. The first-order chi connectivity index (χ1) is 15.3. The van der Waals surface area contributed by atoms with Crippen LogP contribution in [0.4, 0.5) is 13.2 Å². The molecule has 2 N–H and O–H groups in total. The minimum absolute atomic E-state index is 0.150. The van der Waals surface area contributed by atoms with Gasteiger partial charge >= 0.3 is 6.18 Å². The van der Waals surface area contributed by atoms with Crippen LogP contribution in [0.1, 0.15) is 46.3 Å². The van der Waals surface area contributed by atoms with E-state index in [2.05, 4.69) is 16.7 Å². The molecule has 0 aliphatic heterocycles. The molecule has 0 saturated heterocycles. The van der Waals surface area contributed by atoms with Crippen LogP contribution in [-0.2, 0) is 17.4 Å². The Kier molecular flexibility index (Phi) is 7.70. The molecule has 0 radical (unpaired) electrons. The average Bonchev–Trinajstić information content (AvgIpc) is 2.79. The molecule has 2 atom stereocenters. The van der Waals surface area contributed by atoms with Crippen LogP contribution < -0.4 is 10.6 Å². The van der Waals surface area contributed by atoms with Crippen LogP contribution in [0.5, 0.6) is 0 Å². The second kappa shape index (κ2) is 10.5. The van der Waals surface area contributed by atoms with Crippen molar-refractivity contribution >= 4 is 5.91 Å². The van der Waals surface area contributed by atoms with E-state index in [1.165, 1.54) is 12.1 Å². The van der Waals surface area contributed by atoms with Crippen LogP contribution in [0.2, 0.25) is 0 Å². The van der Waals surface area contributed by atoms with Gasteiger partial charge in [0.15, 0.2) is 0 Å². The number of alkyl halides is 3. The molecule has 0 aromatic heterocycles. The van der Waals surface area contributed by atoms with Gasteiger partial charge in [0.2, 0.25) is 5.91 Å². The zero-order valence-corrected chi connectivity index (χ0v) is 18.1. The predicted molar refractivity (Wildman–Crippen MR) is 120 cm³/mol. The normalized spacial score (nSPS) is 13.4. The number of amides is 1. The number of hydrogen-bond donors (Lipinski definition) is 2. The Morgan fingerprint density at radius 2 is 1.56 bits per heavy atom. The highest BCUT2D eigenvalue weighted by Gasteiger charge is 2.30. The van der Waals surface area contributed by atoms with Gasteiger partial charge in [-0.15, -0.1) is 0 Å². The molecule has 0 fully saturated rings. The Hall–Kier alpha value is -3.12. The number of benzene rings is 3. The summed E-state index contributed by atoms with van der Waals surface area (Å²) in [6.07, 6.45) is -3.16. The monoisotopic (exact) mass is 440 g/mol. The standard InChI is InChI=1S/C26H27F3N2O/c1-18-7-6-10-21(17-18)23(16-13-19-11-14-22(15-12-19)26(27,28)29)31-24(25(32)30-2)20-8-4-3-5-9-20/h3-12,14-15,17,23-24,31H,13,16H2,1-2H3,(H,30,32)/t23-,24-/m1/s1. The highest BCUT2D eigenvalue weighted by Crippen LogP contribution is 2.30. The first kappa shape index (κ1) is 23.5. The molecule has 0 unspecified atom stereocenters. The summed E-state index contributed by atoms with van der Waals surface area (Å²) in [5.74, 6) is -0.150. The van der Waals surface area contributed by atoms with Crippen LogP contribution in [0.3, 0.4) is 0 Å². The number of carbonyl (C=O) groups excluding carboxylic acids is 1. The number of carbonyl (C=O) groups is 1. The van der Waals surface area contributed by atoms with Gasteiger partial charge in [0.1, 0.15) is 6.04 Å². The summed E-state index contributed by atoms with van der Waals surface area (Å²) in [6, 6.07) is 22.0. The van der Waals surface area contributed by atoms with Gasteiger partial charge in [-0.3, -0.25) is 10.1 Å².